The van der Waals surface area contributed by atoms with Gasteiger partial charge in [-0.3, -0.25) is 19.3 Å². The number of carbonyl (C=O) groups is 3. The van der Waals surface area contributed by atoms with E-state index in [1.54, 1.807) is 30.3 Å². The first-order valence-electron chi connectivity index (χ1n) is 13.7. The average molecular weight is 507 g/mol. The van der Waals surface area contributed by atoms with Crippen LogP contribution in [0.25, 0.3) is 0 Å². The molecule has 1 N–H and O–H groups in total. The SMILES string of the molecule is CCCCCCCCCCC(=O)Nc1cccc(Oc2ccc3c(c2)C(=O)N(CC2CCCO2)C3=O)c1. The van der Waals surface area contributed by atoms with Gasteiger partial charge in [-0.05, 0) is 49.6 Å². The van der Waals surface area contributed by atoms with Gasteiger partial charge >= 0.3 is 0 Å². The molecule has 1 saturated heterocycles. The molecule has 1 atom stereocenters. The maximum Gasteiger partial charge on any atom is 0.261 e. The number of anilines is 1. The zero-order valence-corrected chi connectivity index (χ0v) is 21.8. The van der Waals surface area contributed by atoms with Gasteiger partial charge in [-0.2, -0.15) is 0 Å². The van der Waals surface area contributed by atoms with E-state index in [4.69, 9.17) is 9.47 Å². The predicted octanol–water partition coefficient (Wildman–Crippen LogP) is 6.72. The third-order valence-electron chi connectivity index (χ3n) is 6.96. The number of fused-ring (bicyclic) bond motifs is 1. The molecule has 198 valence electrons. The van der Waals surface area contributed by atoms with Crippen molar-refractivity contribution < 1.29 is 23.9 Å². The van der Waals surface area contributed by atoms with Gasteiger partial charge in [-0.25, -0.2) is 0 Å². The highest BCUT2D eigenvalue weighted by Gasteiger charge is 2.37. The van der Waals surface area contributed by atoms with Crippen LogP contribution >= 0.6 is 0 Å². The van der Waals surface area contributed by atoms with Crippen molar-refractivity contribution >= 4 is 23.4 Å². The largest absolute Gasteiger partial charge is 0.457 e. The molecular weight excluding hydrogens is 468 g/mol. The van der Waals surface area contributed by atoms with E-state index in [1.165, 1.54) is 43.4 Å². The molecule has 0 saturated carbocycles. The Morgan fingerprint density at radius 3 is 2.43 bits per heavy atom. The van der Waals surface area contributed by atoms with Crippen LogP contribution in [0.5, 0.6) is 11.5 Å². The lowest BCUT2D eigenvalue weighted by atomic mass is 10.1. The minimum Gasteiger partial charge on any atom is -0.457 e. The predicted molar refractivity (Wildman–Crippen MR) is 143 cm³/mol. The Bertz CT molecular complexity index is 1090. The fourth-order valence-corrected chi connectivity index (χ4v) is 4.91. The van der Waals surface area contributed by atoms with Crippen molar-refractivity contribution in [1.29, 1.82) is 0 Å². The summed E-state index contributed by atoms with van der Waals surface area (Å²) in [5, 5.41) is 2.95. The molecule has 37 heavy (non-hydrogen) atoms. The molecule has 7 heteroatoms. The number of unbranched alkanes of at least 4 members (excludes halogenated alkanes) is 7. The molecule has 3 amide bonds. The van der Waals surface area contributed by atoms with Crippen LogP contribution in [0.3, 0.4) is 0 Å². The standard InChI is InChI=1S/C30H38N2O5/c1-2-3-4-5-6-7-8-9-15-28(33)31-22-12-10-13-23(19-22)37-24-16-17-26-27(20-24)30(35)32(29(26)34)21-25-14-11-18-36-25/h10,12-13,16-17,19-20,25H,2-9,11,14-15,18,21H2,1H3,(H,31,33). The van der Waals surface area contributed by atoms with Crippen molar-refractivity contribution in [2.75, 3.05) is 18.5 Å². The highest BCUT2D eigenvalue weighted by atomic mass is 16.5. The summed E-state index contributed by atoms with van der Waals surface area (Å²) >= 11 is 0. The first kappa shape index (κ1) is 26.9. The van der Waals surface area contributed by atoms with E-state index in [-0.39, 0.29) is 30.4 Å². The second kappa shape index (κ2) is 13.4. The van der Waals surface area contributed by atoms with E-state index >= 15 is 0 Å². The van der Waals surface area contributed by atoms with E-state index in [9.17, 15) is 14.4 Å². The van der Waals surface area contributed by atoms with Crippen molar-refractivity contribution in [3.05, 3.63) is 53.6 Å². The Morgan fingerprint density at radius 1 is 0.946 bits per heavy atom. The van der Waals surface area contributed by atoms with Gasteiger partial charge in [0.25, 0.3) is 11.8 Å². The molecule has 7 nitrogen and oxygen atoms in total. The molecule has 4 rings (SSSR count). The van der Waals surface area contributed by atoms with Crippen LogP contribution in [0.4, 0.5) is 5.69 Å². The van der Waals surface area contributed by atoms with Crippen LogP contribution in [0.15, 0.2) is 42.5 Å². The van der Waals surface area contributed by atoms with Crippen LogP contribution in [0.2, 0.25) is 0 Å². The Morgan fingerprint density at radius 2 is 1.68 bits per heavy atom. The number of hydrogen-bond donors (Lipinski definition) is 1. The van der Waals surface area contributed by atoms with Gasteiger partial charge in [-0.1, -0.05) is 57.9 Å². The van der Waals surface area contributed by atoms with E-state index < -0.39 is 0 Å². The molecule has 0 spiro atoms. The molecular formula is C30H38N2O5. The smallest absolute Gasteiger partial charge is 0.261 e. The molecule has 0 radical (unpaired) electrons. The van der Waals surface area contributed by atoms with Crippen molar-refractivity contribution in [3.63, 3.8) is 0 Å². The highest BCUT2D eigenvalue weighted by Crippen LogP contribution is 2.31. The van der Waals surface area contributed by atoms with Crippen molar-refractivity contribution in [3.8, 4) is 11.5 Å². The zero-order valence-electron chi connectivity index (χ0n) is 21.8. The lowest BCUT2D eigenvalue weighted by Crippen LogP contribution is -2.36. The normalized spacial score (nSPS) is 16.8. The summed E-state index contributed by atoms with van der Waals surface area (Å²) in [6.45, 7) is 3.17. The number of ether oxygens (including phenoxy) is 2. The van der Waals surface area contributed by atoms with Crippen molar-refractivity contribution in [2.45, 2.75) is 83.7 Å². The van der Waals surface area contributed by atoms with Gasteiger partial charge in [0.1, 0.15) is 11.5 Å². The second-order valence-corrected chi connectivity index (χ2v) is 9.97. The zero-order chi connectivity index (χ0) is 26.0. The quantitative estimate of drug-likeness (QED) is 0.227. The van der Waals surface area contributed by atoms with Gasteiger partial charge in [0.2, 0.25) is 5.91 Å². The molecule has 2 aliphatic heterocycles. The van der Waals surface area contributed by atoms with Crippen LogP contribution in [0.1, 0.15) is 98.3 Å². The summed E-state index contributed by atoms with van der Waals surface area (Å²) in [5.74, 6) is 0.390. The molecule has 2 aromatic rings. The lowest BCUT2D eigenvalue weighted by Gasteiger charge is -2.17. The molecule has 2 heterocycles. The van der Waals surface area contributed by atoms with Gasteiger partial charge in [0.15, 0.2) is 0 Å². The molecule has 0 aliphatic carbocycles. The molecule has 1 unspecified atom stereocenters. The average Bonchev–Trinajstić information content (AvgIpc) is 3.49. The van der Waals surface area contributed by atoms with E-state index in [1.807, 2.05) is 12.1 Å². The second-order valence-electron chi connectivity index (χ2n) is 9.97. The van der Waals surface area contributed by atoms with Crippen molar-refractivity contribution in [2.24, 2.45) is 0 Å². The maximum absolute atomic E-state index is 12.9. The van der Waals surface area contributed by atoms with Gasteiger partial charge in [0, 0.05) is 24.8 Å². The van der Waals surface area contributed by atoms with Crippen LogP contribution in [0, 0.1) is 0 Å². The number of rotatable bonds is 14. The molecule has 0 bridgehead atoms. The van der Waals surface area contributed by atoms with E-state index in [0.717, 1.165) is 25.7 Å². The van der Waals surface area contributed by atoms with Gasteiger partial charge < -0.3 is 14.8 Å². The minimum atomic E-state index is -0.317. The Hall–Kier alpha value is -3.19. The lowest BCUT2D eigenvalue weighted by molar-refractivity contribution is -0.116. The van der Waals surface area contributed by atoms with E-state index in [2.05, 4.69) is 12.2 Å². The number of benzene rings is 2. The topological polar surface area (TPSA) is 84.9 Å². The molecule has 2 aliphatic rings. The van der Waals surface area contributed by atoms with Crippen LogP contribution in [-0.2, 0) is 9.53 Å². The number of amides is 3. The van der Waals surface area contributed by atoms with Crippen molar-refractivity contribution in [1.82, 2.24) is 4.90 Å². The summed E-state index contributed by atoms with van der Waals surface area (Å²) in [5.41, 5.74) is 1.39. The number of nitrogens with zero attached hydrogens (tertiary/aromatic N) is 1. The number of carbonyl (C=O) groups excluding carboxylic acids is 3. The summed E-state index contributed by atoms with van der Waals surface area (Å²) in [7, 11) is 0. The van der Waals surface area contributed by atoms with Gasteiger partial charge in [-0.15, -0.1) is 0 Å². The number of hydrogen-bond acceptors (Lipinski definition) is 5. The van der Waals surface area contributed by atoms with Crippen LogP contribution in [-0.4, -0.2) is 41.9 Å². The van der Waals surface area contributed by atoms with E-state index in [0.29, 0.717) is 41.3 Å². The van der Waals surface area contributed by atoms with Gasteiger partial charge in [0.05, 0.1) is 23.8 Å². The third kappa shape index (κ3) is 7.41. The first-order chi connectivity index (χ1) is 18.0. The molecule has 2 aromatic carbocycles. The Balaban J connectivity index is 1.27. The molecule has 1 fully saturated rings. The summed E-state index contributed by atoms with van der Waals surface area (Å²) in [4.78, 5) is 39.3. The number of nitrogens with one attached hydrogen (secondary N) is 1. The third-order valence-corrected chi connectivity index (χ3v) is 6.96. The summed E-state index contributed by atoms with van der Waals surface area (Å²) in [6, 6.07) is 12.1. The Kier molecular flexibility index (Phi) is 9.71. The monoisotopic (exact) mass is 506 g/mol. The number of imide groups is 1. The highest BCUT2D eigenvalue weighted by molar-refractivity contribution is 6.21. The maximum atomic E-state index is 12.9. The van der Waals surface area contributed by atoms with Crippen LogP contribution < -0.4 is 10.1 Å². The minimum absolute atomic E-state index is 0.00361. The summed E-state index contributed by atoms with van der Waals surface area (Å²) < 4.78 is 11.6. The Labute approximate surface area is 219 Å². The fourth-order valence-electron chi connectivity index (χ4n) is 4.91. The molecule has 0 aromatic heterocycles. The fraction of sp³-hybridized carbons (Fsp3) is 0.500. The first-order valence-corrected chi connectivity index (χ1v) is 13.7. The summed E-state index contributed by atoms with van der Waals surface area (Å²) in [6.07, 6.45) is 11.8.